The van der Waals surface area contributed by atoms with Gasteiger partial charge in [-0.15, -0.1) is 0 Å². The number of rotatable bonds is 7. The van der Waals surface area contributed by atoms with Crippen LogP contribution in [0.1, 0.15) is 0 Å². The molecule has 0 rings (SSSR count). The van der Waals surface area contributed by atoms with Crippen LogP contribution in [-0.2, 0) is 19.0 Å². The maximum absolute atomic E-state index is 10.9. The minimum absolute atomic E-state index is 0.276. The molecule has 0 unspecified atom stereocenters. The second-order valence-electron chi connectivity index (χ2n) is 2.72. The fourth-order valence-corrected chi connectivity index (χ4v) is 1.20. The average Bonchev–Trinajstić information content (AvgIpc) is 2.17. The summed E-state index contributed by atoms with van der Waals surface area (Å²) < 4.78 is 14.8. The van der Waals surface area contributed by atoms with Gasteiger partial charge in [0.1, 0.15) is 12.2 Å². The zero-order chi connectivity index (χ0) is 11.1. The molecule has 0 aliphatic carbocycles. The third kappa shape index (κ3) is 3.22. The van der Waals surface area contributed by atoms with Crippen LogP contribution >= 0.6 is 0 Å². The monoisotopic (exact) mass is 207 g/mol. The molecular weight excluding hydrogens is 190 g/mol. The van der Waals surface area contributed by atoms with Crippen LogP contribution in [0.4, 0.5) is 0 Å². The summed E-state index contributed by atoms with van der Waals surface area (Å²) in [5.41, 5.74) is 5.09. The number of methoxy groups -OCH3 is 3. The molecule has 0 aliphatic heterocycles. The van der Waals surface area contributed by atoms with E-state index >= 15 is 0 Å². The number of carbonyl (C=O) groups excluding carboxylic acids is 1. The van der Waals surface area contributed by atoms with E-state index in [0.29, 0.717) is 0 Å². The van der Waals surface area contributed by atoms with Crippen molar-refractivity contribution < 1.29 is 24.1 Å². The van der Waals surface area contributed by atoms with Gasteiger partial charge < -0.3 is 25.1 Å². The predicted octanol–water partition coefficient (Wildman–Crippen LogP) is -1.49. The van der Waals surface area contributed by atoms with Crippen LogP contribution in [0.5, 0.6) is 0 Å². The van der Waals surface area contributed by atoms with Gasteiger partial charge in [-0.25, -0.2) is 0 Å². The van der Waals surface area contributed by atoms with E-state index in [-0.39, 0.29) is 6.61 Å². The van der Waals surface area contributed by atoms with Crippen molar-refractivity contribution in [2.45, 2.75) is 18.3 Å². The van der Waals surface area contributed by atoms with E-state index in [1.165, 1.54) is 21.3 Å². The number of hydrogen-bond acceptors (Lipinski definition) is 5. The van der Waals surface area contributed by atoms with Gasteiger partial charge in [-0.2, -0.15) is 0 Å². The molecule has 0 spiro atoms. The van der Waals surface area contributed by atoms with E-state index in [1.807, 2.05) is 0 Å². The highest BCUT2D eigenvalue weighted by Gasteiger charge is 2.33. The number of primary amides is 1. The van der Waals surface area contributed by atoms with E-state index in [2.05, 4.69) is 0 Å². The van der Waals surface area contributed by atoms with Crippen LogP contribution in [0.15, 0.2) is 0 Å². The Balaban J connectivity index is 4.56. The van der Waals surface area contributed by atoms with Gasteiger partial charge in [0, 0.05) is 21.3 Å². The Bertz CT molecular complexity index is 171. The summed E-state index contributed by atoms with van der Waals surface area (Å²) in [6.07, 6.45) is -2.29. The molecular formula is C8H17NO5. The van der Waals surface area contributed by atoms with Crippen molar-refractivity contribution in [2.24, 2.45) is 5.73 Å². The van der Waals surface area contributed by atoms with E-state index < -0.39 is 24.2 Å². The number of nitrogens with two attached hydrogens (primary N) is 1. The van der Waals surface area contributed by atoms with Crippen molar-refractivity contribution in [2.75, 3.05) is 27.9 Å². The van der Waals surface area contributed by atoms with Crippen LogP contribution < -0.4 is 5.73 Å². The van der Waals surface area contributed by atoms with Crippen molar-refractivity contribution in [3.63, 3.8) is 0 Å². The lowest BCUT2D eigenvalue weighted by Crippen LogP contribution is -2.49. The van der Waals surface area contributed by atoms with Crippen LogP contribution in [0.2, 0.25) is 0 Å². The minimum Gasteiger partial charge on any atom is -0.394 e. The normalized spacial score (nSPS) is 17.4. The number of aliphatic hydroxyl groups is 1. The van der Waals surface area contributed by atoms with Crippen LogP contribution in [0.3, 0.4) is 0 Å². The lowest BCUT2D eigenvalue weighted by atomic mass is 10.1. The molecule has 1 amide bonds. The Labute approximate surface area is 82.9 Å². The first-order chi connectivity index (χ1) is 6.62. The molecule has 6 heteroatoms. The third-order valence-electron chi connectivity index (χ3n) is 1.95. The van der Waals surface area contributed by atoms with Crippen LogP contribution in [0.25, 0.3) is 0 Å². The summed E-state index contributed by atoms with van der Waals surface area (Å²) >= 11 is 0. The second-order valence-corrected chi connectivity index (χ2v) is 2.72. The molecule has 84 valence electrons. The fourth-order valence-electron chi connectivity index (χ4n) is 1.20. The highest BCUT2D eigenvalue weighted by Crippen LogP contribution is 2.09. The lowest BCUT2D eigenvalue weighted by Gasteiger charge is -2.27. The summed E-state index contributed by atoms with van der Waals surface area (Å²) in [5, 5.41) is 8.94. The Hall–Kier alpha value is -0.690. The average molecular weight is 207 g/mol. The number of hydrogen-bond donors (Lipinski definition) is 2. The van der Waals surface area contributed by atoms with Gasteiger partial charge in [-0.1, -0.05) is 0 Å². The number of amides is 1. The predicted molar refractivity (Wildman–Crippen MR) is 48.7 cm³/mol. The molecule has 6 nitrogen and oxygen atoms in total. The van der Waals surface area contributed by atoms with Gasteiger partial charge in [0.2, 0.25) is 5.91 Å². The Morgan fingerprint density at radius 1 is 1.29 bits per heavy atom. The largest absolute Gasteiger partial charge is 0.394 e. The van der Waals surface area contributed by atoms with Crippen molar-refractivity contribution in [1.82, 2.24) is 0 Å². The summed E-state index contributed by atoms with van der Waals surface area (Å²) in [6, 6.07) is 0. The van der Waals surface area contributed by atoms with Gasteiger partial charge in [-0.3, -0.25) is 4.79 Å². The van der Waals surface area contributed by atoms with Gasteiger partial charge in [0.05, 0.1) is 6.61 Å². The SMILES string of the molecule is CO[C@@H]([C@H](OC)C(N)=O)[C@@H](CO)OC. The summed E-state index contributed by atoms with van der Waals surface area (Å²) in [4.78, 5) is 10.9. The summed E-state index contributed by atoms with van der Waals surface area (Å²) in [5.74, 6) is -0.658. The van der Waals surface area contributed by atoms with Gasteiger partial charge in [0.15, 0.2) is 6.10 Å². The second kappa shape index (κ2) is 6.72. The first kappa shape index (κ1) is 13.3. The van der Waals surface area contributed by atoms with Crippen LogP contribution in [0, 0.1) is 0 Å². The van der Waals surface area contributed by atoms with E-state index in [4.69, 9.17) is 25.1 Å². The standard InChI is InChI=1S/C8H17NO5/c1-12-5(4-10)6(13-2)7(14-3)8(9)11/h5-7,10H,4H2,1-3H3,(H2,9,11)/t5-,6-,7+/m1/s1. The van der Waals surface area contributed by atoms with E-state index in [9.17, 15) is 4.79 Å². The van der Waals surface area contributed by atoms with Crippen molar-refractivity contribution in [1.29, 1.82) is 0 Å². The molecule has 0 aromatic heterocycles. The number of ether oxygens (including phenoxy) is 3. The van der Waals surface area contributed by atoms with Gasteiger partial charge in [-0.05, 0) is 0 Å². The molecule has 0 aromatic carbocycles. The molecule has 0 heterocycles. The highest BCUT2D eigenvalue weighted by molar-refractivity contribution is 5.79. The summed E-state index contributed by atoms with van der Waals surface area (Å²) in [7, 11) is 4.13. The van der Waals surface area contributed by atoms with E-state index in [0.717, 1.165) is 0 Å². The highest BCUT2D eigenvalue weighted by atomic mass is 16.6. The first-order valence-electron chi connectivity index (χ1n) is 4.10. The first-order valence-corrected chi connectivity index (χ1v) is 4.10. The molecule has 14 heavy (non-hydrogen) atoms. The molecule has 0 radical (unpaired) electrons. The smallest absolute Gasteiger partial charge is 0.249 e. The molecule has 3 atom stereocenters. The molecule has 0 bridgehead atoms. The maximum atomic E-state index is 10.9. The topological polar surface area (TPSA) is 91.0 Å². The zero-order valence-electron chi connectivity index (χ0n) is 8.60. The number of aliphatic hydroxyl groups excluding tert-OH is 1. The Morgan fingerprint density at radius 3 is 2.07 bits per heavy atom. The Morgan fingerprint density at radius 2 is 1.86 bits per heavy atom. The van der Waals surface area contributed by atoms with E-state index in [1.54, 1.807) is 0 Å². The molecule has 0 aliphatic rings. The van der Waals surface area contributed by atoms with Crippen molar-refractivity contribution in [3.8, 4) is 0 Å². The molecule has 0 fully saturated rings. The quantitative estimate of drug-likeness (QED) is 0.530. The fraction of sp³-hybridized carbons (Fsp3) is 0.875. The Kier molecular flexibility index (Phi) is 6.39. The maximum Gasteiger partial charge on any atom is 0.249 e. The molecule has 0 aromatic rings. The molecule has 0 saturated heterocycles. The molecule has 3 N–H and O–H groups in total. The minimum atomic E-state index is -0.933. The lowest BCUT2D eigenvalue weighted by molar-refractivity contribution is -0.150. The van der Waals surface area contributed by atoms with Crippen LogP contribution in [-0.4, -0.2) is 57.3 Å². The van der Waals surface area contributed by atoms with Crippen molar-refractivity contribution >= 4 is 5.91 Å². The van der Waals surface area contributed by atoms with Gasteiger partial charge in [0.25, 0.3) is 0 Å². The molecule has 0 saturated carbocycles. The number of carbonyl (C=O) groups is 1. The van der Waals surface area contributed by atoms with Gasteiger partial charge >= 0.3 is 0 Å². The zero-order valence-corrected chi connectivity index (χ0v) is 8.60. The van der Waals surface area contributed by atoms with Crippen molar-refractivity contribution in [3.05, 3.63) is 0 Å². The summed E-state index contributed by atoms with van der Waals surface area (Å²) in [6.45, 7) is -0.276. The third-order valence-corrected chi connectivity index (χ3v) is 1.95.